The minimum atomic E-state index is 0.584. The average Bonchev–Trinajstić information content (AvgIpc) is 2.75. The van der Waals surface area contributed by atoms with Crippen LogP contribution in [0.15, 0.2) is 42.6 Å². The first-order valence-electron chi connectivity index (χ1n) is 5.21. The molecule has 0 saturated heterocycles. The number of nitrogens with two attached hydrogens (primary N) is 2. The Balaban J connectivity index is 2.26. The van der Waals surface area contributed by atoms with Crippen LogP contribution in [0.3, 0.4) is 0 Å². The van der Waals surface area contributed by atoms with Crippen LogP contribution in [-0.2, 0) is 0 Å². The lowest BCUT2D eigenvalue weighted by atomic mass is 10.2. The number of rotatable bonds is 1. The van der Waals surface area contributed by atoms with Gasteiger partial charge in [-0.15, -0.1) is 5.10 Å². The quantitative estimate of drug-likeness (QED) is 0.616. The largest absolute Gasteiger partial charge is 0.398 e. The van der Waals surface area contributed by atoms with Crippen molar-refractivity contribution < 1.29 is 0 Å². The molecule has 0 aliphatic rings. The Labute approximate surface area is 97.7 Å². The molecule has 0 bridgehead atoms. The zero-order valence-electron chi connectivity index (χ0n) is 9.04. The number of aromatic nitrogens is 3. The van der Waals surface area contributed by atoms with E-state index in [1.54, 1.807) is 16.8 Å². The molecule has 0 aliphatic carbocycles. The van der Waals surface area contributed by atoms with E-state index < -0.39 is 0 Å². The molecule has 5 heteroatoms. The van der Waals surface area contributed by atoms with Crippen molar-refractivity contribution in [2.24, 2.45) is 0 Å². The molecule has 0 aliphatic heterocycles. The molecule has 84 valence electrons. The van der Waals surface area contributed by atoms with E-state index in [9.17, 15) is 0 Å². The molecule has 17 heavy (non-hydrogen) atoms. The molecule has 0 fully saturated rings. The van der Waals surface area contributed by atoms with E-state index in [0.29, 0.717) is 22.8 Å². The first-order valence-corrected chi connectivity index (χ1v) is 5.21. The number of fused-ring (bicyclic) bond motifs is 1. The molecule has 4 N–H and O–H groups in total. The Morgan fingerprint density at radius 2 is 1.71 bits per heavy atom. The minimum Gasteiger partial charge on any atom is -0.398 e. The maximum Gasteiger partial charge on any atom is 0.184 e. The van der Waals surface area contributed by atoms with E-state index in [0.717, 1.165) is 5.56 Å². The molecule has 0 saturated carbocycles. The van der Waals surface area contributed by atoms with E-state index in [2.05, 4.69) is 10.1 Å². The minimum absolute atomic E-state index is 0.584. The van der Waals surface area contributed by atoms with Crippen molar-refractivity contribution in [2.45, 2.75) is 0 Å². The van der Waals surface area contributed by atoms with Crippen LogP contribution in [0, 0.1) is 0 Å². The molecule has 0 amide bonds. The van der Waals surface area contributed by atoms with Gasteiger partial charge in [0.15, 0.2) is 11.5 Å². The van der Waals surface area contributed by atoms with Gasteiger partial charge < -0.3 is 11.5 Å². The van der Waals surface area contributed by atoms with Crippen molar-refractivity contribution >= 4 is 17.0 Å². The third-order valence-corrected chi connectivity index (χ3v) is 2.59. The summed E-state index contributed by atoms with van der Waals surface area (Å²) in [5.74, 6) is 0.584. The second kappa shape index (κ2) is 3.48. The van der Waals surface area contributed by atoms with E-state index >= 15 is 0 Å². The highest BCUT2D eigenvalue weighted by Crippen LogP contribution is 2.23. The van der Waals surface area contributed by atoms with Crippen molar-refractivity contribution in [1.29, 1.82) is 0 Å². The Kier molecular flexibility index (Phi) is 1.98. The second-order valence-corrected chi connectivity index (χ2v) is 3.75. The number of hydrogen-bond acceptors (Lipinski definition) is 4. The molecule has 5 nitrogen and oxygen atoms in total. The summed E-state index contributed by atoms with van der Waals surface area (Å²) in [4.78, 5) is 4.39. The summed E-state index contributed by atoms with van der Waals surface area (Å²) in [5.41, 5.74) is 14.4. The van der Waals surface area contributed by atoms with Gasteiger partial charge in [-0.1, -0.05) is 12.1 Å². The standard InChI is InChI=1S/C12H11N5/c13-9-5-2-1-4-8(9)11-15-12-10(14)6-3-7-17(12)16-11/h1-7H,13-14H2. The zero-order chi connectivity index (χ0) is 11.8. The molecule has 0 unspecified atom stereocenters. The lowest BCUT2D eigenvalue weighted by Crippen LogP contribution is -1.92. The van der Waals surface area contributed by atoms with Crippen molar-refractivity contribution in [1.82, 2.24) is 14.6 Å². The highest BCUT2D eigenvalue weighted by molar-refractivity contribution is 5.74. The number of hydrogen-bond donors (Lipinski definition) is 2. The molecular formula is C12H11N5. The highest BCUT2D eigenvalue weighted by atomic mass is 15.3. The van der Waals surface area contributed by atoms with Gasteiger partial charge in [0, 0.05) is 17.4 Å². The Hall–Kier alpha value is -2.56. The Morgan fingerprint density at radius 1 is 0.941 bits per heavy atom. The van der Waals surface area contributed by atoms with Gasteiger partial charge in [0.05, 0.1) is 5.69 Å². The van der Waals surface area contributed by atoms with Crippen LogP contribution in [-0.4, -0.2) is 14.6 Å². The first kappa shape index (κ1) is 9.65. The predicted molar refractivity (Wildman–Crippen MR) is 67.2 cm³/mol. The van der Waals surface area contributed by atoms with Crippen LogP contribution in [0.1, 0.15) is 0 Å². The second-order valence-electron chi connectivity index (χ2n) is 3.75. The summed E-state index contributed by atoms with van der Waals surface area (Å²) in [5, 5.41) is 4.35. The summed E-state index contributed by atoms with van der Waals surface area (Å²) in [6.07, 6.45) is 1.81. The number of para-hydroxylation sites is 1. The Morgan fingerprint density at radius 3 is 2.47 bits per heavy atom. The lowest BCUT2D eigenvalue weighted by Gasteiger charge is -1.98. The average molecular weight is 225 g/mol. The van der Waals surface area contributed by atoms with Gasteiger partial charge in [-0.3, -0.25) is 0 Å². The van der Waals surface area contributed by atoms with Crippen LogP contribution in [0.2, 0.25) is 0 Å². The van der Waals surface area contributed by atoms with Crippen LogP contribution in [0.25, 0.3) is 17.0 Å². The molecular weight excluding hydrogens is 214 g/mol. The summed E-state index contributed by atoms with van der Waals surface area (Å²) < 4.78 is 1.65. The molecule has 1 aromatic carbocycles. The monoisotopic (exact) mass is 225 g/mol. The molecule has 3 aromatic rings. The van der Waals surface area contributed by atoms with Crippen LogP contribution in [0.5, 0.6) is 0 Å². The summed E-state index contributed by atoms with van der Waals surface area (Å²) in [7, 11) is 0. The number of benzene rings is 1. The molecule has 0 atom stereocenters. The molecule has 2 heterocycles. The van der Waals surface area contributed by atoms with Gasteiger partial charge in [-0.05, 0) is 24.3 Å². The van der Waals surface area contributed by atoms with Gasteiger partial charge in [-0.25, -0.2) is 9.50 Å². The third kappa shape index (κ3) is 1.48. The summed E-state index contributed by atoms with van der Waals surface area (Å²) >= 11 is 0. The summed E-state index contributed by atoms with van der Waals surface area (Å²) in [6, 6.07) is 11.1. The molecule has 2 aromatic heterocycles. The van der Waals surface area contributed by atoms with Gasteiger partial charge in [0.25, 0.3) is 0 Å². The van der Waals surface area contributed by atoms with Gasteiger partial charge in [-0.2, -0.15) is 0 Å². The highest BCUT2D eigenvalue weighted by Gasteiger charge is 2.09. The fraction of sp³-hybridized carbons (Fsp3) is 0. The van der Waals surface area contributed by atoms with E-state index in [-0.39, 0.29) is 0 Å². The van der Waals surface area contributed by atoms with E-state index in [1.165, 1.54) is 0 Å². The van der Waals surface area contributed by atoms with Crippen molar-refractivity contribution in [3.63, 3.8) is 0 Å². The van der Waals surface area contributed by atoms with Crippen molar-refractivity contribution in [2.75, 3.05) is 11.5 Å². The smallest absolute Gasteiger partial charge is 0.184 e. The van der Waals surface area contributed by atoms with Crippen LogP contribution < -0.4 is 11.5 Å². The van der Waals surface area contributed by atoms with E-state index in [1.807, 2.05) is 30.3 Å². The first-order chi connectivity index (χ1) is 8.25. The van der Waals surface area contributed by atoms with Crippen LogP contribution >= 0.6 is 0 Å². The molecule has 0 radical (unpaired) electrons. The van der Waals surface area contributed by atoms with Crippen molar-refractivity contribution in [3.05, 3.63) is 42.6 Å². The number of nitrogen functional groups attached to an aromatic ring is 2. The van der Waals surface area contributed by atoms with Crippen LogP contribution in [0.4, 0.5) is 11.4 Å². The maximum absolute atomic E-state index is 5.89. The fourth-order valence-corrected chi connectivity index (χ4v) is 1.74. The van der Waals surface area contributed by atoms with Gasteiger partial charge in [0.1, 0.15) is 0 Å². The fourth-order valence-electron chi connectivity index (χ4n) is 1.74. The predicted octanol–water partition coefficient (Wildman–Crippen LogP) is 1.56. The SMILES string of the molecule is Nc1ccccc1-c1nc2c(N)cccn2n1. The molecule has 3 rings (SSSR count). The topological polar surface area (TPSA) is 82.2 Å². The van der Waals surface area contributed by atoms with Crippen molar-refractivity contribution in [3.8, 4) is 11.4 Å². The summed E-state index contributed by atoms with van der Waals surface area (Å²) in [6.45, 7) is 0. The number of nitrogens with zero attached hydrogens (tertiary/aromatic N) is 3. The molecule has 0 spiro atoms. The van der Waals surface area contributed by atoms with Gasteiger partial charge >= 0.3 is 0 Å². The van der Waals surface area contributed by atoms with E-state index in [4.69, 9.17) is 11.5 Å². The Bertz CT molecular complexity index is 686. The zero-order valence-corrected chi connectivity index (χ0v) is 9.04. The number of anilines is 2. The lowest BCUT2D eigenvalue weighted by molar-refractivity contribution is 0.967. The number of pyridine rings is 1. The van der Waals surface area contributed by atoms with Gasteiger partial charge in [0.2, 0.25) is 0 Å². The third-order valence-electron chi connectivity index (χ3n) is 2.59. The normalized spacial score (nSPS) is 10.8. The maximum atomic E-state index is 5.89.